The lowest BCUT2D eigenvalue weighted by atomic mass is 9.89. The van der Waals surface area contributed by atoms with Gasteiger partial charge in [0.2, 0.25) is 5.91 Å². The van der Waals surface area contributed by atoms with E-state index in [-0.39, 0.29) is 5.91 Å². The monoisotopic (exact) mass is 354 g/mol. The highest BCUT2D eigenvalue weighted by Crippen LogP contribution is 2.29. The summed E-state index contributed by atoms with van der Waals surface area (Å²) in [7, 11) is 1.91. The molecule has 1 aliphatic carbocycles. The minimum absolute atomic E-state index is 0.216. The Labute approximate surface area is 159 Å². The molecule has 2 fully saturated rings. The lowest BCUT2D eigenvalue weighted by molar-refractivity contribution is -0.129. The molecule has 3 nitrogen and oxygen atoms in total. The average Bonchev–Trinajstić information content (AvgIpc) is 2.61. The van der Waals surface area contributed by atoms with Crippen LogP contribution in [0, 0.1) is 0 Å². The third-order valence-corrected chi connectivity index (χ3v) is 6.01. The minimum Gasteiger partial charge on any atom is -0.345 e. The number of likely N-dealkylation sites (tertiary alicyclic amines) is 1. The van der Waals surface area contributed by atoms with Crippen LogP contribution in [0.3, 0.4) is 0 Å². The summed E-state index contributed by atoms with van der Waals surface area (Å²) in [5, 5.41) is 0. The number of benzene rings is 1. The predicted octanol–water partition coefficient (Wildman–Crippen LogP) is 4.52. The zero-order chi connectivity index (χ0) is 18.4. The maximum absolute atomic E-state index is 12.2. The maximum atomic E-state index is 12.2. The van der Waals surface area contributed by atoms with Gasteiger partial charge in [0.05, 0.1) is 6.42 Å². The largest absolute Gasteiger partial charge is 0.345 e. The Kier molecular flexibility index (Phi) is 6.90. The van der Waals surface area contributed by atoms with Crippen molar-refractivity contribution in [2.24, 2.45) is 0 Å². The maximum Gasteiger partial charge on any atom is 0.226 e. The Hall–Kier alpha value is -1.61. The first kappa shape index (κ1) is 19.2. The Balaban J connectivity index is 1.49. The molecule has 0 radical (unpaired) electrons. The van der Waals surface area contributed by atoms with Crippen molar-refractivity contribution >= 4 is 12.0 Å². The standard InChI is InChI=1S/C23H34N2O/c1-3-4-14-24(2)23(26)18-20-10-8-19(9-11-20)17-21-12-15-25(16-13-21)22-6-5-7-22/h8-11,17,22H,3-7,12-16,18H2,1-2H3. The number of carbonyl (C=O) groups is 1. The van der Waals surface area contributed by atoms with E-state index in [0.717, 1.165) is 31.0 Å². The molecule has 2 aliphatic rings. The molecule has 1 aliphatic heterocycles. The van der Waals surface area contributed by atoms with Gasteiger partial charge in [0.25, 0.3) is 0 Å². The van der Waals surface area contributed by atoms with E-state index in [2.05, 4.69) is 42.2 Å². The molecule has 1 saturated carbocycles. The quantitative estimate of drug-likeness (QED) is 0.719. The highest BCUT2D eigenvalue weighted by Gasteiger charge is 2.26. The molecule has 142 valence electrons. The van der Waals surface area contributed by atoms with Gasteiger partial charge in [0.15, 0.2) is 0 Å². The van der Waals surface area contributed by atoms with E-state index in [1.807, 2.05) is 11.9 Å². The highest BCUT2D eigenvalue weighted by molar-refractivity contribution is 5.78. The second kappa shape index (κ2) is 9.36. The fourth-order valence-electron chi connectivity index (χ4n) is 3.87. The third-order valence-electron chi connectivity index (χ3n) is 6.01. The van der Waals surface area contributed by atoms with Crippen molar-refractivity contribution in [2.75, 3.05) is 26.7 Å². The van der Waals surface area contributed by atoms with Crippen LogP contribution in [0.25, 0.3) is 6.08 Å². The van der Waals surface area contributed by atoms with Crippen molar-refractivity contribution in [3.05, 3.63) is 41.0 Å². The summed E-state index contributed by atoms with van der Waals surface area (Å²) < 4.78 is 0. The van der Waals surface area contributed by atoms with Crippen molar-refractivity contribution in [3.8, 4) is 0 Å². The first-order valence-corrected chi connectivity index (χ1v) is 10.4. The van der Waals surface area contributed by atoms with Gasteiger partial charge >= 0.3 is 0 Å². The summed E-state index contributed by atoms with van der Waals surface area (Å²) >= 11 is 0. The van der Waals surface area contributed by atoms with Crippen LogP contribution in [-0.4, -0.2) is 48.4 Å². The number of nitrogens with zero attached hydrogens (tertiary/aromatic N) is 2. The smallest absolute Gasteiger partial charge is 0.226 e. The van der Waals surface area contributed by atoms with Crippen LogP contribution in [0.4, 0.5) is 0 Å². The van der Waals surface area contributed by atoms with Crippen LogP contribution in [0.1, 0.15) is 63.0 Å². The van der Waals surface area contributed by atoms with Crippen LogP contribution < -0.4 is 0 Å². The number of rotatable bonds is 7. The second-order valence-electron chi connectivity index (χ2n) is 8.01. The normalized spacial score (nSPS) is 18.5. The van der Waals surface area contributed by atoms with Crippen LogP contribution in [-0.2, 0) is 11.2 Å². The van der Waals surface area contributed by atoms with Crippen LogP contribution in [0.5, 0.6) is 0 Å². The number of carbonyl (C=O) groups excluding carboxylic acids is 1. The number of unbranched alkanes of at least 4 members (excludes halogenated alkanes) is 1. The zero-order valence-corrected chi connectivity index (χ0v) is 16.5. The molecule has 1 saturated heterocycles. The molecule has 1 aromatic rings. The molecule has 0 bridgehead atoms. The highest BCUT2D eigenvalue weighted by atomic mass is 16.2. The van der Waals surface area contributed by atoms with Gasteiger partial charge in [-0.25, -0.2) is 0 Å². The summed E-state index contributed by atoms with van der Waals surface area (Å²) in [6.45, 7) is 5.47. The second-order valence-corrected chi connectivity index (χ2v) is 8.01. The molecular weight excluding hydrogens is 320 g/mol. The molecule has 0 atom stereocenters. The predicted molar refractivity (Wildman–Crippen MR) is 109 cm³/mol. The summed E-state index contributed by atoms with van der Waals surface area (Å²) in [6.07, 6.45) is 11.7. The van der Waals surface area contributed by atoms with E-state index >= 15 is 0 Å². The molecule has 0 N–H and O–H groups in total. The lowest BCUT2D eigenvalue weighted by Crippen LogP contribution is -2.43. The molecule has 26 heavy (non-hydrogen) atoms. The summed E-state index contributed by atoms with van der Waals surface area (Å²) in [5.41, 5.74) is 3.96. The SMILES string of the molecule is CCCCN(C)C(=O)Cc1ccc(C=C2CCN(C3CCC3)CC2)cc1. The Bertz CT molecular complexity index is 606. The Morgan fingerprint density at radius 3 is 2.46 bits per heavy atom. The van der Waals surface area contributed by atoms with Gasteiger partial charge in [-0.1, -0.05) is 55.7 Å². The summed E-state index contributed by atoms with van der Waals surface area (Å²) in [4.78, 5) is 16.8. The van der Waals surface area contributed by atoms with Crippen LogP contribution in [0.15, 0.2) is 29.8 Å². The molecular formula is C23H34N2O. The molecule has 3 rings (SSSR count). The zero-order valence-electron chi connectivity index (χ0n) is 16.5. The molecule has 1 heterocycles. The number of hydrogen-bond acceptors (Lipinski definition) is 2. The number of likely N-dealkylation sites (N-methyl/N-ethyl adjacent to an activating group) is 1. The van der Waals surface area contributed by atoms with Gasteiger partial charge < -0.3 is 4.90 Å². The van der Waals surface area contributed by atoms with Gasteiger partial charge in [-0.3, -0.25) is 9.69 Å². The lowest BCUT2D eigenvalue weighted by Gasteiger charge is -2.40. The average molecular weight is 355 g/mol. The molecule has 0 aromatic heterocycles. The first-order valence-electron chi connectivity index (χ1n) is 10.4. The van der Waals surface area contributed by atoms with Crippen molar-refractivity contribution < 1.29 is 4.79 Å². The number of hydrogen-bond donors (Lipinski definition) is 0. The molecule has 1 aromatic carbocycles. The van der Waals surface area contributed by atoms with Crippen molar-refractivity contribution in [2.45, 2.75) is 64.3 Å². The van der Waals surface area contributed by atoms with E-state index in [1.165, 1.54) is 50.8 Å². The van der Waals surface area contributed by atoms with Gasteiger partial charge in [-0.2, -0.15) is 0 Å². The number of amides is 1. The topological polar surface area (TPSA) is 23.6 Å². The van der Waals surface area contributed by atoms with Crippen LogP contribution in [0.2, 0.25) is 0 Å². The fourth-order valence-corrected chi connectivity index (χ4v) is 3.87. The van der Waals surface area contributed by atoms with Gasteiger partial charge in [-0.05, 0) is 43.2 Å². The molecule has 1 amide bonds. The van der Waals surface area contributed by atoms with Crippen LogP contribution >= 0.6 is 0 Å². The summed E-state index contributed by atoms with van der Waals surface area (Å²) in [5.74, 6) is 0.216. The van der Waals surface area contributed by atoms with E-state index in [9.17, 15) is 4.79 Å². The van der Waals surface area contributed by atoms with E-state index in [0.29, 0.717) is 6.42 Å². The van der Waals surface area contributed by atoms with Crippen molar-refractivity contribution in [1.82, 2.24) is 9.80 Å². The minimum atomic E-state index is 0.216. The van der Waals surface area contributed by atoms with Gasteiger partial charge in [-0.15, -0.1) is 0 Å². The van der Waals surface area contributed by atoms with Crippen molar-refractivity contribution in [3.63, 3.8) is 0 Å². The van der Waals surface area contributed by atoms with Gasteiger partial charge in [0, 0.05) is 32.7 Å². The Morgan fingerprint density at radius 1 is 1.19 bits per heavy atom. The summed E-state index contributed by atoms with van der Waals surface area (Å²) in [6, 6.07) is 9.44. The third kappa shape index (κ3) is 5.20. The molecule has 0 spiro atoms. The van der Waals surface area contributed by atoms with E-state index < -0.39 is 0 Å². The van der Waals surface area contributed by atoms with Gasteiger partial charge in [0.1, 0.15) is 0 Å². The number of piperidine rings is 1. The van der Waals surface area contributed by atoms with E-state index in [4.69, 9.17) is 0 Å². The molecule has 3 heteroatoms. The Morgan fingerprint density at radius 2 is 1.88 bits per heavy atom. The van der Waals surface area contributed by atoms with E-state index in [1.54, 1.807) is 5.57 Å². The molecule has 0 unspecified atom stereocenters. The fraction of sp³-hybridized carbons (Fsp3) is 0.609. The van der Waals surface area contributed by atoms with Crippen molar-refractivity contribution in [1.29, 1.82) is 0 Å². The first-order chi connectivity index (χ1) is 12.7.